The van der Waals surface area contributed by atoms with Crippen LogP contribution in [0, 0.1) is 6.92 Å². The van der Waals surface area contributed by atoms with Gasteiger partial charge in [0.25, 0.3) is 5.91 Å². The number of para-hydroxylation sites is 1. The van der Waals surface area contributed by atoms with Crippen LogP contribution in [-0.2, 0) is 20.7 Å². The number of aryl methyl sites for hydroxylation is 1. The Hall–Kier alpha value is -4.13. The van der Waals surface area contributed by atoms with Crippen LogP contribution in [0.25, 0.3) is 0 Å². The molecule has 3 aromatic carbocycles. The number of ether oxygens (including phenoxy) is 1. The van der Waals surface area contributed by atoms with Gasteiger partial charge in [-0.05, 0) is 69.7 Å². The van der Waals surface area contributed by atoms with Crippen LogP contribution in [0.2, 0.25) is 0 Å². The van der Waals surface area contributed by atoms with Crippen molar-refractivity contribution < 1.29 is 19.1 Å². The molecule has 40 heavy (non-hydrogen) atoms. The summed E-state index contributed by atoms with van der Waals surface area (Å²) in [5, 5.41) is 5.89. The third-order valence-corrected chi connectivity index (χ3v) is 7.04. The Morgan fingerprint density at radius 3 is 2.08 bits per heavy atom. The second-order valence-electron chi connectivity index (χ2n) is 11.3. The summed E-state index contributed by atoms with van der Waals surface area (Å²) in [6.07, 6.45) is 2.14. The Morgan fingerprint density at radius 1 is 0.900 bits per heavy atom. The highest BCUT2D eigenvalue weighted by Crippen LogP contribution is 2.34. The minimum atomic E-state index is -0.921. The van der Waals surface area contributed by atoms with Gasteiger partial charge in [0, 0.05) is 18.2 Å². The molecule has 210 valence electrons. The predicted octanol–water partition coefficient (Wildman–Crippen LogP) is 6.19. The van der Waals surface area contributed by atoms with Crippen molar-refractivity contribution in [3.05, 3.63) is 102 Å². The van der Waals surface area contributed by atoms with Crippen molar-refractivity contribution in [3.8, 4) is 0 Å². The van der Waals surface area contributed by atoms with Gasteiger partial charge < -0.3 is 20.3 Å². The SMILES string of the molecule is Cc1ccccc1NC(=O)C(c1ccccc1)N(C(=O)C(Cc1ccccc1)NC(=O)OC(C)(C)C)C1CCC1. The molecule has 0 bridgehead atoms. The van der Waals surface area contributed by atoms with E-state index in [-0.39, 0.29) is 24.3 Å². The van der Waals surface area contributed by atoms with Gasteiger partial charge in [-0.1, -0.05) is 78.9 Å². The molecule has 0 heterocycles. The molecule has 7 nitrogen and oxygen atoms in total. The van der Waals surface area contributed by atoms with E-state index in [2.05, 4.69) is 10.6 Å². The van der Waals surface area contributed by atoms with Crippen LogP contribution in [0.5, 0.6) is 0 Å². The van der Waals surface area contributed by atoms with Gasteiger partial charge in [-0.25, -0.2) is 4.79 Å². The van der Waals surface area contributed by atoms with E-state index in [9.17, 15) is 14.4 Å². The topological polar surface area (TPSA) is 87.7 Å². The number of hydrogen-bond acceptors (Lipinski definition) is 4. The highest BCUT2D eigenvalue weighted by atomic mass is 16.6. The lowest BCUT2D eigenvalue weighted by molar-refractivity contribution is -0.145. The number of nitrogens with one attached hydrogen (secondary N) is 2. The molecule has 1 fully saturated rings. The number of nitrogens with zero attached hydrogens (tertiary/aromatic N) is 1. The van der Waals surface area contributed by atoms with Gasteiger partial charge in [-0.3, -0.25) is 9.59 Å². The number of anilines is 1. The van der Waals surface area contributed by atoms with Crippen LogP contribution in [-0.4, -0.2) is 40.5 Å². The lowest BCUT2D eigenvalue weighted by Crippen LogP contribution is -2.57. The minimum absolute atomic E-state index is 0.126. The first-order valence-electron chi connectivity index (χ1n) is 13.9. The van der Waals surface area contributed by atoms with Gasteiger partial charge in [0.15, 0.2) is 0 Å². The largest absolute Gasteiger partial charge is 0.444 e. The van der Waals surface area contributed by atoms with Crippen LogP contribution in [0.15, 0.2) is 84.9 Å². The van der Waals surface area contributed by atoms with E-state index in [0.29, 0.717) is 11.3 Å². The molecule has 2 atom stereocenters. The summed E-state index contributed by atoms with van der Waals surface area (Å²) in [4.78, 5) is 43.1. The molecule has 2 unspecified atom stereocenters. The average Bonchev–Trinajstić information content (AvgIpc) is 2.88. The number of alkyl carbamates (subject to hydrolysis) is 1. The minimum Gasteiger partial charge on any atom is -0.444 e. The molecule has 3 amide bonds. The molecule has 4 rings (SSSR count). The van der Waals surface area contributed by atoms with Crippen LogP contribution in [0.4, 0.5) is 10.5 Å². The molecular formula is C33H39N3O4. The lowest BCUT2D eigenvalue weighted by Gasteiger charge is -2.43. The summed E-state index contributed by atoms with van der Waals surface area (Å²) in [6, 6.07) is 24.6. The maximum absolute atomic E-state index is 14.5. The van der Waals surface area contributed by atoms with Crippen molar-refractivity contribution in [1.82, 2.24) is 10.2 Å². The fourth-order valence-electron chi connectivity index (χ4n) is 4.85. The van der Waals surface area contributed by atoms with Crippen LogP contribution in [0.3, 0.4) is 0 Å². The first-order chi connectivity index (χ1) is 19.1. The van der Waals surface area contributed by atoms with E-state index in [1.54, 1.807) is 25.7 Å². The fraction of sp³-hybridized carbons (Fsp3) is 0.364. The maximum atomic E-state index is 14.5. The van der Waals surface area contributed by atoms with E-state index in [1.165, 1.54) is 0 Å². The van der Waals surface area contributed by atoms with E-state index in [1.807, 2.05) is 91.9 Å². The van der Waals surface area contributed by atoms with E-state index in [4.69, 9.17) is 4.74 Å². The van der Waals surface area contributed by atoms with Gasteiger partial charge in [0.1, 0.15) is 17.7 Å². The van der Waals surface area contributed by atoms with Crippen molar-refractivity contribution in [2.45, 2.75) is 77.1 Å². The molecule has 1 saturated carbocycles. The molecule has 0 radical (unpaired) electrons. The van der Waals surface area contributed by atoms with Gasteiger partial charge >= 0.3 is 6.09 Å². The van der Waals surface area contributed by atoms with Crippen molar-refractivity contribution >= 4 is 23.6 Å². The smallest absolute Gasteiger partial charge is 0.408 e. The van der Waals surface area contributed by atoms with Crippen molar-refractivity contribution in [2.24, 2.45) is 0 Å². The first-order valence-corrected chi connectivity index (χ1v) is 13.9. The summed E-state index contributed by atoms with van der Waals surface area (Å²) in [5.41, 5.74) is 2.51. The van der Waals surface area contributed by atoms with E-state index in [0.717, 1.165) is 30.4 Å². The zero-order chi connectivity index (χ0) is 28.7. The number of carbonyl (C=O) groups excluding carboxylic acids is 3. The number of amides is 3. The molecule has 0 aromatic heterocycles. The van der Waals surface area contributed by atoms with Crippen LogP contribution >= 0.6 is 0 Å². The van der Waals surface area contributed by atoms with Crippen molar-refractivity contribution in [1.29, 1.82) is 0 Å². The standard InChI is InChI=1S/C33H39N3O4/c1-23-14-11-12-21-27(23)34-30(37)29(25-17-9-6-10-18-25)36(26-19-13-20-26)31(38)28(22-24-15-7-5-8-16-24)35-32(39)40-33(2,3)4/h5-12,14-18,21,26,28-29H,13,19-20,22H2,1-4H3,(H,34,37)(H,35,39). The number of carbonyl (C=O) groups is 3. The quantitative estimate of drug-likeness (QED) is 0.338. The first kappa shape index (κ1) is 28.9. The molecule has 1 aliphatic rings. The third-order valence-electron chi connectivity index (χ3n) is 7.04. The Balaban J connectivity index is 1.72. The van der Waals surface area contributed by atoms with Gasteiger partial charge in [0.05, 0.1) is 0 Å². The number of rotatable bonds is 9. The second kappa shape index (κ2) is 12.8. The van der Waals surface area contributed by atoms with Crippen molar-refractivity contribution in [3.63, 3.8) is 0 Å². The van der Waals surface area contributed by atoms with Crippen LogP contribution < -0.4 is 10.6 Å². The summed E-state index contributed by atoms with van der Waals surface area (Å²) in [5.74, 6) is -0.607. The lowest BCUT2D eigenvalue weighted by atomic mass is 9.87. The molecule has 7 heteroatoms. The third kappa shape index (κ3) is 7.50. The number of hydrogen-bond donors (Lipinski definition) is 2. The Kier molecular flexibility index (Phi) is 9.25. The maximum Gasteiger partial charge on any atom is 0.408 e. The predicted molar refractivity (Wildman–Crippen MR) is 157 cm³/mol. The second-order valence-corrected chi connectivity index (χ2v) is 11.3. The molecule has 0 saturated heterocycles. The molecular weight excluding hydrogens is 502 g/mol. The van der Waals surface area contributed by atoms with Gasteiger partial charge in [-0.2, -0.15) is 0 Å². The van der Waals surface area contributed by atoms with E-state index >= 15 is 0 Å². The summed E-state index contributed by atoms with van der Waals surface area (Å²) >= 11 is 0. The van der Waals surface area contributed by atoms with Crippen LogP contribution in [0.1, 0.15) is 62.8 Å². The monoisotopic (exact) mass is 541 g/mol. The Bertz CT molecular complexity index is 1300. The summed E-state index contributed by atoms with van der Waals surface area (Å²) in [7, 11) is 0. The van der Waals surface area contributed by atoms with Gasteiger partial charge in [0.2, 0.25) is 5.91 Å². The Morgan fingerprint density at radius 2 is 1.50 bits per heavy atom. The molecule has 3 aromatic rings. The van der Waals surface area contributed by atoms with Gasteiger partial charge in [-0.15, -0.1) is 0 Å². The Labute approximate surface area is 236 Å². The number of benzene rings is 3. The van der Waals surface area contributed by atoms with Crippen molar-refractivity contribution in [2.75, 3.05) is 5.32 Å². The fourth-order valence-corrected chi connectivity index (χ4v) is 4.85. The summed E-state index contributed by atoms with van der Waals surface area (Å²) in [6.45, 7) is 7.27. The highest BCUT2D eigenvalue weighted by molar-refractivity contribution is 5.99. The molecule has 2 N–H and O–H groups in total. The molecule has 1 aliphatic carbocycles. The van der Waals surface area contributed by atoms with E-state index < -0.39 is 23.8 Å². The zero-order valence-electron chi connectivity index (χ0n) is 23.7. The average molecular weight is 542 g/mol. The summed E-state index contributed by atoms with van der Waals surface area (Å²) < 4.78 is 5.52. The molecule has 0 aliphatic heterocycles. The molecule has 0 spiro atoms. The highest BCUT2D eigenvalue weighted by Gasteiger charge is 2.42. The zero-order valence-corrected chi connectivity index (χ0v) is 23.7. The normalized spacial score (nSPS) is 14.8.